The van der Waals surface area contributed by atoms with Crippen molar-refractivity contribution in [3.63, 3.8) is 0 Å². The highest BCUT2D eigenvalue weighted by Gasteiger charge is 2.73. The van der Waals surface area contributed by atoms with Gasteiger partial charge in [-0.15, -0.1) is 0 Å². The highest BCUT2D eigenvalue weighted by atomic mass is 19.3. The quantitative estimate of drug-likeness (QED) is 0.426. The fraction of sp³-hybridized carbons (Fsp3) is 0.571. The van der Waals surface area contributed by atoms with Crippen molar-refractivity contribution in [2.45, 2.75) is 24.7 Å². The van der Waals surface area contributed by atoms with Gasteiger partial charge in [-0.05, 0) is 0 Å². The van der Waals surface area contributed by atoms with Gasteiger partial charge in [0.15, 0.2) is 0 Å². The van der Waals surface area contributed by atoms with Crippen LogP contribution in [0.5, 0.6) is 0 Å². The van der Waals surface area contributed by atoms with E-state index in [0.29, 0.717) is 0 Å². The van der Waals surface area contributed by atoms with Crippen molar-refractivity contribution in [1.29, 1.82) is 0 Å². The molecule has 0 rings (SSSR count). The van der Waals surface area contributed by atoms with E-state index < -0.39 is 30.7 Å². The van der Waals surface area contributed by atoms with Crippen molar-refractivity contribution in [1.82, 2.24) is 0 Å². The highest BCUT2D eigenvalue weighted by molar-refractivity contribution is 5.79. The predicted octanol–water partition coefficient (Wildman–Crippen LogP) is 2.60. The Bertz CT molecular complexity index is 267. The van der Waals surface area contributed by atoms with E-state index in [-0.39, 0.29) is 6.26 Å². The van der Waals surface area contributed by atoms with Gasteiger partial charge in [-0.3, -0.25) is 0 Å². The van der Waals surface area contributed by atoms with Crippen LogP contribution in [-0.2, 0) is 9.53 Å². The Labute approximate surface area is 80.5 Å². The number of halogens is 6. The molecule has 0 bridgehead atoms. The number of rotatable bonds is 4. The topological polar surface area (TPSA) is 26.3 Å². The Hall–Kier alpha value is -1.21. The fourth-order valence-electron chi connectivity index (χ4n) is 0.554. The highest BCUT2D eigenvalue weighted by Crippen LogP contribution is 2.45. The summed E-state index contributed by atoms with van der Waals surface area (Å²) < 4.78 is 77.6. The summed E-state index contributed by atoms with van der Waals surface area (Å²) >= 11 is 0. The second kappa shape index (κ2) is 3.74. The van der Waals surface area contributed by atoms with Gasteiger partial charge in [0.2, 0.25) is 0 Å². The van der Waals surface area contributed by atoms with Crippen molar-refractivity contribution in [3.8, 4) is 0 Å². The van der Waals surface area contributed by atoms with Gasteiger partial charge in [-0.1, -0.05) is 6.58 Å². The van der Waals surface area contributed by atoms with Gasteiger partial charge in [0.25, 0.3) is 0 Å². The van der Waals surface area contributed by atoms with Gasteiger partial charge >= 0.3 is 23.7 Å². The zero-order chi connectivity index (χ0) is 12.5. The average Bonchev–Trinajstić information content (AvgIpc) is 2.02. The van der Waals surface area contributed by atoms with Gasteiger partial charge in [-0.25, -0.2) is 4.79 Å². The summed E-state index contributed by atoms with van der Waals surface area (Å²) in [4.78, 5) is 10.3. The molecule has 0 saturated heterocycles. The molecule has 0 atom stereocenters. The average molecular weight is 236 g/mol. The van der Waals surface area contributed by atoms with Gasteiger partial charge < -0.3 is 4.74 Å². The Balaban J connectivity index is 5.18. The maximum absolute atomic E-state index is 12.5. The van der Waals surface area contributed by atoms with E-state index in [9.17, 15) is 31.1 Å². The third kappa shape index (κ3) is 2.24. The summed E-state index contributed by atoms with van der Waals surface area (Å²) in [7, 11) is 0. The molecule has 0 heterocycles. The largest absolute Gasteiger partial charge is 0.431 e. The molecule has 0 fully saturated rings. The van der Waals surface area contributed by atoms with Crippen molar-refractivity contribution < 1.29 is 35.9 Å². The van der Waals surface area contributed by atoms with Gasteiger partial charge in [0.05, 0.1) is 6.26 Å². The maximum atomic E-state index is 12.5. The Morgan fingerprint density at radius 2 is 1.60 bits per heavy atom. The number of hydrogen-bond donors (Lipinski definition) is 0. The zero-order valence-electron chi connectivity index (χ0n) is 7.37. The van der Waals surface area contributed by atoms with Crippen LogP contribution in [0.4, 0.5) is 26.3 Å². The minimum absolute atomic E-state index is 0.139. The molecule has 0 saturated carbocycles. The molecule has 88 valence electrons. The fourth-order valence-corrected chi connectivity index (χ4v) is 0.554. The first-order valence-electron chi connectivity index (χ1n) is 3.44. The minimum Gasteiger partial charge on any atom is -0.431 e. The van der Waals surface area contributed by atoms with Crippen molar-refractivity contribution in [2.24, 2.45) is 0 Å². The molecular weight excluding hydrogens is 230 g/mol. The SMILES string of the molecule is C=COC(=O)C(F)(F)C(F)(F)C(C)(F)F. The van der Waals surface area contributed by atoms with E-state index in [1.165, 1.54) is 0 Å². The molecular formula is C7H6F6O2. The third-order valence-electron chi connectivity index (χ3n) is 1.39. The summed E-state index contributed by atoms with van der Waals surface area (Å²) in [6.07, 6.45) is 0.139. The second-order valence-electron chi connectivity index (χ2n) is 2.61. The second-order valence-corrected chi connectivity index (χ2v) is 2.61. The van der Waals surface area contributed by atoms with Crippen LogP contribution in [0.15, 0.2) is 12.8 Å². The number of ether oxygens (including phenoxy) is 1. The minimum atomic E-state index is -5.83. The van der Waals surface area contributed by atoms with Crippen LogP contribution in [0.25, 0.3) is 0 Å². The molecule has 0 radical (unpaired) electrons. The smallest absolute Gasteiger partial charge is 0.411 e. The Morgan fingerprint density at radius 1 is 1.20 bits per heavy atom. The summed E-state index contributed by atoms with van der Waals surface area (Å²) in [6.45, 7) is 2.22. The molecule has 15 heavy (non-hydrogen) atoms. The van der Waals surface area contributed by atoms with Crippen LogP contribution < -0.4 is 0 Å². The molecule has 0 aromatic heterocycles. The first-order valence-corrected chi connectivity index (χ1v) is 3.44. The van der Waals surface area contributed by atoms with E-state index in [1.54, 1.807) is 0 Å². The van der Waals surface area contributed by atoms with E-state index >= 15 is 0 Å². The van der Waals surface area contributed by atoms with Gasteiger partial charge in [0.1, 0.15) is 0 Å². The van der Waals surface area contributed by atoms with Crippen LogP contribution in [0.2, 0.25) is 0 Å². The van der Waals surface area contributed by atoms with E-state index in [2.05, 4.69) is 11.3 Å². The van der Waals surface area contributed by atoms with E-state index in [4.69, 9.17) is 0 Å². The van der Waals surface area contributed by atoms with Crippen molar-refractivity contribution >= 4 is 5.97 Å². The van der Waals surface area contributed by atoms with Crippen molar-refractivity contribution in [2.75, 3.05) is 0 Å². The summed E-state index contributed by atoms with van der Waals surface area (Å²) in [6, 6.07) is 0. The van der Waals surface area contributed by atoms with Crippen LogP contribution >= 0.6 is 0 Å². The molecule has 0 aromatic rings. The third-order valence-corrected chi connectivity index (χ3v) is 1.39. The summed E-state index contributed by atoms with van der Waals surface area (Å²) in [5, 5.41) is 0. The molecule has 0 unspecified atom stereocenters. The molecule has 0 aliphatic heterocycles. The normalized spacial score (nSPS) is 13.5. The number of hydrogen-bond acceptors (Lipinski definition) is 2. The van der Waals surface area contributed by atoms with Crippen LogP contribution in [0.3, 0.4) is 0 Å². The van der Waals surface area contributed by atoms with Crippen LogP contribution in [-0.4, -0.2) is 23.7 Å². The van der Waals surface area contributed by atoms with Crippen LogP contribution in [0.1, 0.15) is 6.92 Å². The van der Waals surface area contributed by atoms with E-state index in [1.807, 2.05) is 0 Å². The number of carbonyl (C=O) groups excluding carboxylic acids is 1. The molecule has 0 N–H and O–H groups in total. The lowest BCUT2D eigenvalue weighted by Crippen LogP contribution is -2.56. The lowest BCUT2D eigenvalue weighted by molar-refractivity contribution is -0.297. The monoisotopic (exact) mass is 236 g/mol. The number of carbonyl (C=O) groups is 1. The lowest BCUT2D eigenvalue weighted by Gasteiger charge is -2.28. The summed E-state index contributed by atoms with van der Waals surface area (Å²) in [5.74, 6) is -19.3. The molecule has 8 heteroatoms. The first-order chi connectivity index (χ1) is 6.48. The zero-order valence-corrected chi connectivity index (χ0v) is 7.37. The Kier molecular flexibility index (Phi) is 3.44. The van der Waals surface area contributed by atoms with Gasteiger partial charge in [-0.2, -0.15) is 26.3 Å². The predicted molar refractivity (Wildman–Crippen MR) is 36.8 cm³/mol. The van der Waals surface area contributed by atoms with Gasteiger partial charge in [0, 0.05) is 6.92 Å². The number of alkyl halides is 6. The molecule has 0 aliphatic rings. The maximum Gasteiger partial charge on any atom is 0.411 e. The first kappa shape index (κ1) is 13.8. The standard InChI is InChI=1S/C7H6F6O2/c1-3-15-4(14)6(10,11)7(12,13)5(2,8)9/h3H,1H2,2H3. The Morgan fingerprint density at radius 3 is 1.87 bits per heavy atom. The van der Waals surface area contributed by atoms with Crippen LogP contribution in [0, 0.1) is 0 Å². The molecule has 0 aromatic carbocycles. The van der Waals surface area contributed by atoms with E-state index in [0.717, 1.165) is 0 Å². The lowest BCUT2D eigenvalue weighted by atomic mass is 10.1. The molecule has 0 spiro atoms. The summed E-state index contributed by atoms with van der Waals surface area (Å²) in [5.41, 5.74) is 0. The van der Waals surface area contributed by atoms with Crippen molar-refractivity contribution in [3.05, 3.63) is 12.8 Å². The molecule has 0 amide bonds. The number of esters is 1. The molecule has 2 nitrogen and oxygen atoms in total. The molecule has 0 aliphatic carbocycles.